The van der Waals surface area contributed by atoms with E-state index >= 15 is 0 Å². The SMILES string of the molecule is COc1ccccc1OCCNC(=O)[C@H](C)Oc1ccccc1OC. The number of rotatable bonds is 9. The van der Waals surface area contributed by atoms with Crippen molar-refractivity contribution in [2.24, 2.45) is 0 Å². The first-order valence-corrected chi connectivity index (χ1v) is 7.99. The Labute approximate surface area is 147 Å². The summed E-state index contributed by atoms with van der Waals surface area (Å²) in [5.74, 6) is 2.17. The average molecular weight is 345 g/mol. The van der Waals surface area contributed by atoms with Gasteiger partial charge >= 0.3 is 0 Å². The molecule has 0 fully saturated rings. The molecule has 1 atom stereocenters. The molecule has 6 heteroatoms. The van der Waals surface area contributed by atoms with Crippen LogP contribution in [0.5, 0.6) is 23.0 Å². The van der Waals surface area contributed by atoms with Gasteiger partial charge in [0.25, 0.3) is 5.91 Å². The normalized spacial score (nSPS) is 11.3. The number of nitrogens with one attached hydrogen (secondary N) is 1. The van der Waals surface area contributed by atoms with Gasteiger partial charge in [-0.15, -0.1) is 0 Å². The van der Waals surface area contributed by atoms with E-state index in [0.717, 1.165) is 0 Å². The Kier molecular flexibility index (Phi) is 6.95. The van der Waals surface area contributed by atoms with Crippen molar-refractivity contribution in [3.63, 3.8) is 0 Å². The van der Waals surface area contributed by atoms with Crippen molar-refractivity contribution in [3.05, 3.63) is 48.5 Å². The topological polar surface area (TPSA) is 66.0 Å². The smallest absolute Gasteiger partial charge is 0.260 e. The van der Waals surface area contributed by atoms with Crippen LogP contribution in [0.1, 0.15) is 6.92 Å². The number of carbonyl (C=O) groups excluding carboxylic acids is 1. The first-order chi connectivity index (χ1) is 12.2. The van der Waals surface area contributed by atoms with Crippen molar-refractivity contribution in [1.82, 2.24) is 5.32 Å². The molecule has 2 aromatic rings. The van der Waals surface area contributed by atoms with Gasteiger partial charge in [0, 0.05) is 0 Å². The molecule has 6 nitrogen and oxygen atoms in total. The highest BCUT2D eigenvalue weighted by Crippen LogP contribution is 2.27. The molecular weight excluding hydrogens is 322 g/mol. The van der Waals surface area contributed by atoms with Gasteiger partial charge in [-0.25, -0.2) is 0 Å². The molecule has 1 N–H and O–H groups in total. The third-order valence-corrected chi connectivity index (χ3v) is 3.47. The first kappa shape index (κ1) is 18.4. The van der Waals surface area contributed by atoms with Gasteiger partial charge in [0.1, 0.15) is 6.61 Å². The summed E-state index contributed by atoms with van der Waals surface area (Å²) >= 11 is 0. The predicted octanol–water partition coefficient (Wildman–Crippen LogP) is 2.67. The predicted molar refractivity (Wildman–Crippen MR) is 94.6 cm³/mol. The van der Waals surface area contributed by atoms with Crippen LogP contribution >= 0.6 is 0 Å². The zero-order valence-corrected chi connectivity index (χ0v) is 14.7. The average Bonchev–Trinajstić information content (AvgIpc) is 2.65. The fourth-order valence-electron chi connectivity index (χ4n) is 2.18. The van der Waals surface area contributed by atoms with Gasteiger partial charge in [0.15, 0.2) is 29.1 Å². The fourth-order valence-corrected chi connectivity index (χ4v) is 2.18. The molecule has 0 spiro atoms. The third-order valence-electron chi connectivity index (χ3n) is 3.47. The van der Waals surface area contributed by atoms with Crippen LogP contribution in [0.25, 0.3) is 0 Å². The van der Waals surface area contributed by atoms with Crippen LogP contribution < -0.4 is 24.3 Å². The number of methoxy groups -OCH3 is 2. The molecule has 2 rings (SSSR count). The van der Waals surface area contributed by atoms with Crippen LogP contribution in [0.2, 0.25) is 0 Å². The number of ether oxygens (including phenoxy) is 4. The van der Waals surface area contributed by atoms with Crippen LogP contribution in [-0.4, -0.2) is 39.4 Å². The van der Waals surface area contributed by atoms with E-state index in [-0.39, 0.29) is 5.91 Å². The summed E-state index contributed by atoms with van der Waals surface area (Å²) in [4.78, 5) is 12.1. The number of amides is 1. The molecule has 0 aliphatic carbocycles. The fraction of sp³-hybridized carbons (Fsp3) is 0.316. The van der Waals surface area contributed by atoms with E-state index in [4.69, 9.17) is 18.9 Å². The lowest BCUT2D eigenvalue weighted by atomic mass is 10.3. The molecule has 0 radical (unpaired) electrons. The maximum absolute atomic E-state index is 12.1. The number of carbonyl (C=O) groups is 1. The Morgan fingerprint density at radius 3 is 2.04 bits per heavy atom. The molecule has 0 aliphatic rings. The number of para-hydroxylation sites is 4. The highest BCUT2D eigenvalue weighted by molar-refractivity contribution is 5.80. The molecule has 0 heterocycles. The van der Waals surface area contributed by atoms with Crippen LogP contribution in [0.4, 0.5) is 0 Å². The highest BCUT2D eigenvalue weighted by atomic mass is 16.5. The molecule has 0 aromatic heterocycles. The van der Waals surface area contributed by atoms with Gasteiger partial charge in [-0.05, 0) is 31.2 Å². The maximum atomic E-state index is 12.1. The van der Waals surface area contributed by atoms with Crippen molar-refractivity contribution >= 4 is 5.91 Å². The molecule has 0 saturated carbocycles. The summed E-state index contributed by atoms with van der Waals surface area (Å²) in [5, 5.41) is 2.78. The zero-order valence-electron chi connectivity index (χ0n) is 14.7. The summed E-state index contributed by atoms with van der Waals surface area (Å²) in [5.41, 5.74) is 0. The summed E-state index contributed by atoms with van der Waals surface area (Å²) in [7, 11) is 3.14. The monoisotopic (exact) mass is 345 g/mol. The van der Waals surface area contributed by atoms with Crippen molar-refractivity contribution in [1.29, 1.82) is 0 Å². The van der Waals surface area contributed by atoms with Gasteiger partial charge in [0.2, 0.25) is 0 Å². The van der Waals surface area contributed by atoms with E-state index in [1.54, 1.807) is 33.3 Å². The molecule has 134 valence electrons. The Bertz CT molecular complexity index is 689. The third kappa shape index (κ3) is 5.31. The molecule has 0 aliphatic heterocycles. The number of hydrogen-bond acceptors (Lipinski definition) is 5. The minimum absolute atomic E-state index is 0.227. The van der Waals surface area contributed by atoms with Gasteiger partial charge in [-0.1, -0.05) is 24.3 Å². The lowest BCUT2D eigenvalue weighted by Crippen LogP contribution is -2.38. The maximum Gasteiger partial charge on any atom is 0.260 e. The second-order valence-corrected chi connectivity index (χ2v) is 5.20. The van der Waals surface area contributed by atoms with E-state index < -0.39 is 6.10 Å². The second kappa shape index (κ2) is 9.42. The molecule has 0 unspecified atom stereocenters. The molecule has 25 heavy (non-hydrogen) atoms. The van der Waals surface area contributed by atoms with Crippen LogP contribution in [0.15, 0.2) is 48.5 Å². The van der Waals surface area contributed by atoms with Gasteiger partial charge < -0.3 is 24.3 Å². The number of hydrogen-bond donors (Lipinski definition) is 1. The Morgan fingerprint density at radius 2 is 1.44 bits per heavy atom. The Morgan fingerprint density at radius 1 is 0.920 bits per heavy atom. The van der Waals surface area contributed by atoms with Crippen molar-refractivity contribution < 1.29 is 23.7 Å². The summed E-state index contributed by atoms with van der Waals surface area (Å²) < 4.78 is 21.7. The van der Waals surface area contributed by atoms with E-state index in [0.29, 0.717) is 36.1 Å². The largest absolute Gasteiger partial charge is 0.493 e. The summed E-state index contributed by atoms with van der Waals surface area (Å²) in [6.45, 7) is 2.37. The summed E-state index contributed by atoms with van der Waals surface area (Å²) in [6, 6.07) is 14.6. The molecule has 0 saturated heterocycles. The first-order valence-electron chi connectivity index (χ1n) is 7.99. The van der Waals surface area contributed by atoms with Crippen LogP contribution in [0, 0.1) is 0 Å². The van der Waals surface area contributed by atoms with Crippen molar-refractivity contribution in [2.45, 2.75) is 13.0 Å². The lowest BCUT2D eigenvalue weighted by Gasteiger charge is -2.17. The summed E-state index contributed by atoms with van der Waals surface area (Å²) in [6.07, 6.45) is -0.650. The van der Waals surface area contributed by atoms with E-state index in [1.807, 2.05) is 36.4 Å². The van der Waals surface area contributed by atoms with Crippen molar-refractivity contribution in [2.75, 3.05) is 27.4 Å². The molecule has 1 amide bonds. The van der Waals surface area contributed by atoms with Crippen LogP contribution in [0.3, 0.4) is 0 Å². The lowest BCUT2D eigenvalue weighted by molar-refractivity contribution is -0.127. The molecule has 2 aromatic carbocycles. The minimum atomic E-state index is -0.650. The quantitative estimate of drug-likeness (QED) is 0.708. The molecule has 0 bridgehead atoms. The standard InChI is InChI=1S/C19H23NO5/c1-14(25-18-11-7-5-9-16(18)23-3)19(21)20-12-13-24-17-10-6-4-8-15(17)22-2/h4-11,14H,12-13H2,1-3H3,(H,20,21)/t14-/m0/s1. The van der Waals surface area contributed by atoms with E-state index in [1.165, 1.54) is 0 Å². The van der Waals surface area contributed by atoms with E-state index in [2.05, 4.69) is 5.32 Å². The minimum Gasteiger partial charge on any atom is -0.493 e. The van der Waals surface area contributed by atoms with Gasteiger partial charge in [-0.2, -0.15) is 0 Å². The Hall–Kier alpha value is -2.89. The van der Waals surface area contributed by atoms with Gasteiger partial charge in [0.05, 0.1) is 20.8 Å². The number of benzene rings is 2. The second-order valence-electron chi connectivity index (χ2n) is 5.20. The highest BCUT2D eigenvalue weighted by Gasteiger charge is 2.16. The Balaban J connectivity index is 1.78. The van der Waals surface area contributed by atoms with Gasteiger partial charge in [-0.3, -0.25) is 4.79 Å². The van der Waals surface area contributed by atoms with E-state index in [9.17, 15) is 4.79 Å². The zero-order chi connectivity index (χ0) is 18.1. The van der Waals surface area contributed by atoms with Crippen molar-refractivity contribution in [3.8, 4) is 23.0 Å². The molecular formula is C19H23NO5. The van der Waals surface area contributed by atoms with Crippen LogP contribution in [-0.2, 0) is 4.79 Å².